The lowest BCUT2D eigenvalue weighted by molar-refractivity contribution is 0.126. The van der Waals surface area contributed by atoms with Crippen LogP contribution in [0.1, 0.15) is 66.2 Å². The zero-order valence-electron chi connectivity index (χ0n) is 16.3. The molecule has 0 saturated heterocycles. The molecule has 3 nitrogen and oxygen atoms in total. The van der Waals surface area contributed by atoms with Gasteiger partial charge in [0.25, 0.3) is 0 Å². The predicted octanol–water partition coefficient (Wildman–Crippen LogP) is 4.34. The lowest BCUT2D eigenvalue weighted by Crippen LogP contribution is -2.30. The van der Waals surface area contributed by atoms with Gasteiger partial charge in [0.2, 0.25) is 0 Å². The molecule has 0 spiro atoms. The van der Waals surface area contributed by atoms with E-state index in [0.717, 1.165) is 36.1 Å². The molecule has 3 heteroatoms. The number of aliphatic imine (C=N–C) groups is 1. The molecule has 1 aliphatic carbocycles. The van der Waals surface area contributed by atoms with Crippen molar-refractivity contribution in [1.29, 1.82) is 0 Å². The summed E-state index contributed by atoms with van der Waals surface area (Å²) in [6, 6.07) is 0. The van der Waals surface area contributed by atoms with Gasteiger partial charge in [-0.3, -0.25) is 4.99 Å². The molecule has 0 bridgehead atoms. The summed E-state index contributed by atoms with van der Waals surface area (Å²) < 4.78 is 0. The average Bonchev–Trinajstić information content (AvgIpc) is 2.51. The molecule has 0 aliphatic heterocycles. The van der Waals surface area contributed by atoms with Crippen LogP contribution in [0.15, 0.2) is 4.99 Å². The summed E-state index contributed by atoms with van der Waals surface area (Å²) in [6.45, 7) is 13.2. The van der Waals surface area contributed by atoms with E-state index in [2.05, 4.69) is 43.3 Å². The third kappa shape index (κ3) is 8.74. The van der Waals surface area contributed by atoms with E-state index in [-0.39, 0.29) is 0 Å². The van der Waals surface area contributed by atoms with Crippen molar-refractivity contribution in [2.45, 2.75) is 66.2 Å². The minimum Gasteiger partial charge on any atom is -0.376 e. The fraction of sp³-hybridized carbons (Fsp3) is 0.950. The zero-order chi connectivity index (χ0) is 17.1. The van der Waals surface area contributed by atoms with Crippen LogP contribution in [0.3, 0.4) is 0 Å². The van der Waals surface area contributed by atoms with E-state index in [1.807, 2.05) is 0 Å². The number of rotatable bonds is 11. The normalized spacial score (nSPS) is 29.8. The van der Waals surface area contributed by atoms with Crippen LogP contribution in [-0.4, -0.2) is 33.0 Å². The summed E-state index contributed by atoms with van der Waals surface area (Å²) in [5.41, 5.74) is 0. The quantitative estimate of drug-likeness (QED) is 0.337. The van der Waals surface area contributed by atoms with Gasteiger partial charge in [0, 0.05) is 13.6 Å². The first-order valence-corrected chi connectivity index (χ1v) is 9.89. The van der Waals surface area contributed by atoms with E-state index in [1.54, 1.807) is 13.4 Å². The third-order valence-corrected chi connectivity index (χ3v) is 5.83. The lowest BCUT2D eigenvalue weighted by Gasteiger charge is -2.38. The van der Waals surface area contributed by atoms with Crippen molar-refractivity contribution in [3.63, 3.8) is 0 Å². The predicted molar refractivity (Wildman–Crippen MR) is 103 cm³/mol. The van der Waals surface area contributed by atoms with Crippen LogP contribution < -0.4 is 10.6 Å². The van der Waals surface area contributed by atoms with Gasteiger partial charge < -0.3 is 10.6 Å². The zero-order valence-corrected chi connectivity index (χ0v) is 16.3. The largest absolute Gasteiger partial charge is 0.376 e. The molecule has 0 aromatic carbocycles. The molecule has 1 fully saturated rings. The van der Waals surface area contributed by atoms with Crippen LogP contribution in [0.5, 0.6) is 0 Å². The van der Waals surface area contributed by atoms with Gasteiger partial charge >= 0.3 is 0 Å². The maximum absolute atomic E-state index is 3.92. The second-order valence-electron chi connectivity index (χ2n) is 8.10. The Morgan fingerprint density at radius 1 is 1.04 bits per heavy atom. The van der Waals surface area contributed by atoms with Crippen LogP contribution in [0.2, 0.25) is 0 Å². The molecule has 3 unspecified atom stereocenters. The van der Waals surface area contributed by atoms with Crippen LogP contribution in [0, 0.1) is 29.6 Å². The van der Waals surface area contributed by atoms with Crippen molar-refractivity contribution in [1.82, 2.24) is 10.6 Å². The summed E-state index contributed by atoms with van der Waals surface area (Å²) in [5.74, 6) is 4.51. The molecule has 3 atom stereocenters. The van der Waals surface area contributed by atoms with Crippen molar-refractivity contribution in [3.05, 3.63) is 0 Å². The lowest BCUT2D eigenvalue weighted by atomic mass is 9.68. The molecule has 0 aromatic heterocycles. The standard InChI is InChI=1S/C20H41N3/c1-16(11-20-12-17(2)19(4)18(3)13-20)14-22-9-7-6-8-10-23-15-21-5/h15-20,22H,6-14H2,1-5H3,(H,21,23). The van der Waals surface area contributed by atoms with Crippen molar-refractivity contribution in [2.24, 2.45) is 34.6 Å². The first kappa shape index (κ1) is 20.5. The van der Waals surface area contributed by atoms with Crippen LogP contribution in [0.4, 0.5) is 0 Å². The van der Waals surface area contributed by atoms with E-state index in [9.17, 15) is 0 Å². The molecule has 136 valence electrons. The fourth-order valence-corrected chi connectivity index (χ4v) is 4.14. The van der Waals surface area contributed by atoms with E-state index in [4.69, 9.17) is 0 Å². The highest BCUT2D eigenvalue weighted by atomic mass is 14.9. The molecule has 1 saturated carbocycles. The van der Waals surface area contributed by atoms with E-state index < -0.39 is 0 Å². The van der Waals surface area contributed by atoms with Gasteiger partial charge in [0.15, 0.2) is 0 Å². The Labute approximate surface area is 145 Å². The molecule has 0 radical (unpaired) electrons. The molecule has 1 rings (SSSR count). The third-order valence-electron chi connectivity index (χ3n) is 5.83. The Balaban J connectivity index is 2.01. The molecule has 0 amide bonds. The van der Waals surface area contributed by atoms with Crippen molar-refractivity contribution >= 4 is 6.34 Å². The maximum Gasteiger partial charge on any atom is 0.0820 e. The molecule has 1 aliphatic rings. The first-order chi connectivity index (χ1) is 11.0. The van der Waals surface area contributed by atoms with Crippen LogP contribution in [0.25, 0.3) is 0 Å². The monoisotopic (exact) mass is 323 g/mol. The van der Waals surface area contributed by atoms with Crippen LogP contribution >= 0.6 is 0 Å². The minimum atomic E-state index is 0.815. The van der Waals surface area contributed by atoms with Crippen molar-refractivity contribution in [2.75, 3.05) is 26.7 Å². The highest BCUT2D eigenvalue weighted by Gasteiger charge is 2.30. The molecule has 23 heavy (non-hydrogen) atoms. The average molecular weight is 324 g/mol. The number of hydrogen-bond acceptors (Lipinski definition) is 2. The highest BCUT2D eigenvalue weighted by molar-refractivity contribution is 5.53. The first-order valence-electron chi connectivity index (χ1n) is 9.89. The summed E-state index contributed by atoms with van der Waals surface area (Å²) in [5, 5.41) is 6.85. The summed E-state index contributed by atoms with van der Waals surface area (Å²) in [7, 11) is 1.80. The second kappa shape index (κ2) is 11.9. The molecular weight excluding hydrogens is 282 g/mol. The number of nitrogens with zero attached hydrogens (tertiary/aromatic N) is 1. The maximum atomic E-state index is 3.92. The Hall–Kier alpha value is -0.570. The van der Waals surface area contributed by atoms with Gasteiger partial charge in [0.05, 0.1) is 6.34 Å². The second-order valence-corrected chi connectivity index (χ2v) is 8.10. The molecule has 0 aromatic rings. The minimum absolute atomic E-state index is 0.815. The number of unbranched alkanes of at least 4 members (excludes halogenated alkanes) is 2. The Morgan fingerprint density at radius 2 is 1.70 bits per heavy atom. The summed E-state index contributed by atoms with van der Waals surface area (Å²) >= 11 is 0. The van der Waals surface area contributed by atoms with Gasteiger partial charge in [-0.15, -0.1) is 0 Å². The molecular formula is C20H41N3. The Kier molecular flexibility index (Phi) is 10.6. The molecule has 0 heterocycles. The summed E-state index contributed by atoms with van der Waals surface area (Å²) in [4.78, 5) is 3.92. The van der Waals surface area contributed by atoms with Gasteiger partial charge in [-0.25, -0.2) is 0 Å². The van der Waals surface area contributed by atoms with Gasteiger partial charge in [0.1, 0.15) is 0 Å². The van der Waals surface area contributed by atoms with Crippen molar-refractivity contribution < 1.29 is 0 Å². The van der Waals surface area contributed by atoms with E-state index in [0.29, 0.717) is 0 Å². The topological polar surface area (TPSA) is 36.4 Å². The van der Waals surface area contributed by atoms with Gasteiger partial charge in [-0.2, -0.15) is 0 Å². The Bertz CT molecular complexity index is 304. The Morgan fingerprint density at radius 3 is 2.35 bits per heavy atom. The SMILES string of the molecule is CN=CNCCCCCNCC(C)CC1CC(C)C(C)C(C)C1. The fourth-order valence-electron chi connectivity index (χ4n) is 4.14. The van der Waals surface area contributed by atoms with Gasteiger partial charge in [-0.05, 0) is 74.8 Å². The number of hydrogen-bond donors (Lipinski definition) is 2. The van der Waals surface area contributed by atoms with E-state index >= 15 is 0 Å². The highest BCUT2D eigenvalue weighted by Crippen LogP contribution is 2.39. The smallest absolute Gasteiger partial charge is 0.0820 e. The van der Waals surface area contributed by atoms with Crippen molar-refractivity contribution in [3.8, 4) is 0 Å². The summed E-state index contributed by atoms with van der Waals surface area (Å²) in [6.07, 6.45) is 9.91. The number of nitrogens with one attached hydrogen (secondary N) is 2. The van der Waals surface area contributed by atoms with Crippen LogP contribution in [-0.2, 0) is 0 Å². The van der Waals surface area contributed by atoms with Gasteiger partial charge in [-0.1, -0.05) is 34.1 Å². The molecule has 2 N–H and O–H groups in total. The van der Waals surface area contributed by atoms with E-state index in [1.165, 1.54) is 51.6 Å².